The number of phenolic OH excluding ortho intramolecular Hbond substituents is 1. The van der Waals surface area contributed by atoms with Crippen LogP contribution in [0.3, 0.4) is 0 Å². The quantitative estimate of drug-likeness (QED) is 0.921. The summed E-state index contributed by atoms with van der Waals surface area (Å²) in [7, 11) is 0. The van der Waals surface area contributed by atoms with Crippen LogP contribution in [0, 0.1) is 0 Å². The molecule has 0 saturated carbocycles. The number of aromatic hydroxyl groups is 1. The third-order valence-corrected chi connectivity index (χ3v) is 4.68. The first-order valence-electron chi connectivity index (χ1n) is 7.45. The number of amides is 1. The molecule has 1 aliphatic heterocycles. The molecule has 1 atom stereocenters. The molecule has 1 fully saturated rings. The van der Waals surface area contributed by atoms with Gasteiger partial charge in [0, 0.05) is 25.3 Å². The van der Waals surface area contributed by atoms with Crippen LogP contribution in [0.1, 0.15) is 28.1 Å². The molecule has 0 radical (unpaired) electrons. The van der Waals surface area contributed by atoms with Gasteiger partial charge in [0.15, 0.2) is 0 Å². The molecule has 1 N–H and O–H groups in total. The molecule has 1 unspecified atom stereocenters. The van der Waals surface area contributed by atoms with Crippen molar-refractivity contribution in [3.63, 3.8) is 0 Å². The van der Waals surface area contributed by atoms with Crippen LogP contribution in [-0.2, 0) is 11.3 Å². The molecule has 1 saturated heterocycles. The Labute approximate surface area is 134 Å². The van der Waals surface area contributed by atoms with Gasteiger partial charge in [-0.2, -0.15) is 0 Å². The van der Waals surface area contributed by atoms with Gasteiger partial charge in [0.2, 0.25) is 0 Å². The lowest BCUT2D eigenvalue weighted by Gasteiger charge is -2.25. The molecule has 1 aromatic heterocycles. The maximum atomic E-state index is 12.7. The van der Waals surface area contributed by atoms with Gasteiger partial charge in [-0.1, -0.05) is 24.3 Å². The third kappa shape index (κ3) is 3.48. The monoisotopic (exact) mass is 317 g/mol. The third-order valence-electron chi connectivity index (χ3n) is 3.82. The van der Waals surface area contributed by atoms with E-state index in [0.717, 1.165) is 25.0 Å². The van der Waals surface area contributed by atoms with Crippen LogP contribution in [0.15, 0.2) is 41.8 Å². The highest BCUT2D eigenvalue weighted by Gasteiger charge is 2.24. The van der Waals surface area contributed by atoms with Gasteiger partial charge in [-0.25, -0.2) is 0 Å². The lowest BCUT2D eigenvalue weighted by molar-refractivity contribution is 0.0509. The first-order valence-corrected chi connectivity index (χ1v) is 8.33. The first-order chi connectivity index (χ1) is 10.7. The van der Waals surface area contributed by atoms with Crippen LogP contribution in [-0.4, -0.2) is 35.2 Å². The summed E-state index contributed by atoms with van der Waals surface area (Å²) < 4.78 is 5.67. The van der Waals surface area contributed by atoms with E-state index in [4.69, 9.17) is 4.74 Å². The smallest absolute Gasteiger partial charge is 0.264 e. The Morgan fingerprint density at radius 2 is 2.18 bits per heavy atom. The second kappa shape index (κ2) is 6.94. The molecular weight excluding hydrogens is 298 g/mol. The van der Waals surface area contributed by atoms with Crippen LogP contribution in [0.5, 0.6) is 5.75 Å². The Morgan fingerprint density at radius 1 is 1.32 bits per heavy atom. The fourth-order valence-electron chi connectivity index (χ4n) is 2.66. The number of benzene rings is 1. The number of hydrogen-bond acceptors (Lipinski definition) is 4. The van der Waals surface area contributed by atoms with Crippen molar-refractivity contribution in [3.8, 4) is 5.75 Å². The fraction of sp³-hybridized carbons (Fsp3) is 0.353. The number of carbonyl (C=O) groups excluding carboxylic acids is 1. The summed E-state index contributed by atoms with van der Waals surface area (Å²) in [6, 6.07) is 10.9. The van der Waals surface area contributed by atoms with Gasteiger partial charge in [-0.05, 0) is 30.4 Å². The molecule has 116 valence electrons. The van der Waals surface area contributed by atoms with Gasteiger partial charge in [0.05, 0.1) is 11.0 Å². The molecule has 5 heteroatoms. The summed E-state index contributed by atoms with van der Waals surface area (Å²) >= 11 is 1.44. The molecule has 2 heterocycles. The summed E-state index contributed by atoms with van der Waals surface area (Å²) in [5.41, 5.74) is 0.755. The van der Waals surface area contributed by atoms with Crippen molar-refractivity contribution < 1.29 is 14.6 Å². The van der Waals surface area contributed by atoms with Crippen molar-refractivity contribution >= 4 is 17.2 Å². The largest absolute Gasteiger partial charge is 0.508 e. The molecule has 4 nitrogen and oxygen atoms in total. The molecule has 2 aromatic rings. The summed E-state index contributed by atoms with van der Waals surface area (Å²) in [5, 5.41) is 11.9. The van der Waals surface area contributed by atoms with Crippen molar-refractivity contribution in [1.82, 2.24) is 4.90 Å². The van der Waals surface area contributed by atoms with Gasteiger partial charge < -0.3 is 14.7 Å². The van der Waals surface area contributed by atoms with Gasteiger partial charge in [0.25, 0.3) is 5.91 Å². The Morgan fingerprint density at radius 3 is 2.86 bits per heavy atom. The van der Waals surface area contributed by atoms with Crippen molar-refractivity contribution in [2.45, 2.75) is 25.5 Å². The van der Waals surface area contributed by atoms with E-state index in [0.29, 0.717) is 18.0 Å². The standard InChI is InChI=1S/C17H19NO3S/c19-15-7-2-1-5-13(15)11-18(12-14-6-3-9-21-14)17(20)16-8-4-10-22-16/h1-2,4-5,7-8,10,14,19H,3,6,9,11-12H2. The summed E-state index contributed by atoms with van der Waals surface area (Å²) in [6.45, 7) is 1.72. The van der Waals surface area contributed by atoms with E-state index in [-0.39, 0.29) is 17.8 Å². The minimum atomic E-state index is -0.00578. The molecule has 1 aliphatic rings. The molecule has 0 aliphatic carbocycles. The zero-order chi connectivity index (χ0) is 15.4. The van der Waals surface area contributed by atoms with Gasteiger partial charge in [0.1, 0.15) is 5.75 Å². The molecule has 3 rings (SSSR count). The maximum Gasteiger partial charge on any atom is 0.264 e. The predicted molar refractivity (Wildman–Crippen MR) is 86.1 cm³/mol. The maximum absolute atomic E-state index is 12.7. The van der Waals surface area contributed by atoms with E-state index in [9.17, 15) is 9.90 Å². The van der Waals surface area contributed by atoms with Crippen LogP contribution in [0.2, 0.25) is 0 Å². The highest BCUT2D eigenvalue weighted by molar-refractivity contribution is 7.12. The van der Waals surface area contributed by atoms with E-state index >= 15 is 0 Å². The van der Waals surface area contributed by atoms with E-state index in [1.807, 2.05) is 29.6 Å². The minimum absolute atomic E-state index is 0.00578. The Kier molecular flexibility index (Phi) is 4.75. The topological polar surface area (TPSA) is 49.8 Å². The summed E-state index contributed by atoms with van der Waals surface area (Å²) in [4.78, 5) is 15.2. The highest BCUT2D eigenvalue weighted by Crippen LogP contribution is 2.22. The van der Waals surface area contributed by atoms with Crippen LogP contribution < -0.4 is 0 Å². The molecule has 1 aromatic carbocycles. The van der Waals surface area contributed by atoms with Gasteiger partial charge in [-0.3, -0.25) is 4.79 Å². The summed E-state index contributed by atoms with van der Waals surface area (Å²) in [5.74, 6) is 0.215. The second-order valence-electron chi connectivity index (χ2n) is 5.43. The normalized spacial score (nSPS) is 17.5. The number of phenols is 1. The van der Waals surface area contributed by atoms with Gasteiger partial charge >= 0.3 is 0 Å². The van der Waals surface area contributed by atoms with E-state index < -0.39 is 0 Å². The molecule has 0 spiro atoms. The van der Waals surface area contributed by atoms with Crippen LogP contribution in [0.4, 0.5) is 0 Å². The summed E-state index contributed by atoms with van der Waals surface area (Å²) in [6.07, 6.45) is 2.12. The number of nitrogens with zero attached hydrogens (tertiary/aromatic N) is 1. The number of ether oxygens (including phenoxy) is 1. The number of rotatable bonds is 5. The van der Waals surface area contributed by atoms with E-state index in [1.54, 1.807) is 17.0 Å². The van der Waals surface area contributed by atoms with Crippen molar-refractivity contribution in [2.24, 2.45) is 0 Å². The molecule has 0 bridgehead atoms. The Hall–Kier alpha value is -1.85. The first kappa shape index (κ1) is 15.1. The lowest BCUT2D eigenvalue weighted by Crippen LogP contribution is -2.36. The number of thiophene rings is 1. The lowest BCUT2D eigenvalue weighted by atomic mass is 10.1. The molecule has 22 heavy (non-hydrogen) atoms. The number of para-hydroxylation sites is 1. The van der Waals surface area contributed by atoms with Crippen LogP contribution >= 0.6 is 11.3 Å². The zero-order valence-electron chi connectivity index (χ0n) is 12.3. The Balaban J connectivity index is 1.79. The Bertz CT molecular complexity index is 621. The molecule has 1 amide bonds. The zero-order valence-corrected chi connectivity index (χ0v) is 13.1. The highest BCUT2D eigenvalue weighted by atomic mass is 32.1. The number of carbonyl (C=O) groups is 1. The second-order valence-corrected chi connectivity index (χ2v) is 6.37. The van der Waals surface area contributed by atoms with Gasteiger partial charge in [-0.15, -0.1) is 11.3 Å². The van der Waals surface area contributed by atoms with E-state index in [1.165, 1.54) is 11.3 Å². The average molecular weight is 317 g/mol. The minimum Gasteiger partial charge on any atom is -0.508 e. The fourth-order valence-corrected chi connectivity index (χ4v) is 3.35. The van der Waals surface area contributed by atoms with Crippen LogP contribution in [0.25, 0.3) is 0 Å². The number of hydrogen-bond donors (Lipinski definition) is 1. The van der Waals surface area contributed by atoms with Crippen molar-refractivity contribution in [3.05, 3.63) is 52.2 Å². The van der Waals surface area contributed by atoms with Crippen molar-refractivity contribution in [2.75, 3.05) is 13.2 Å². The predicted octanol–water partition coefficient (Wildman–Crippen LogP) is 3.28. The van der Waals surface area contributed by atoms with E-state index in [2.05, 4.69) is 0 Å². The SMILES string of the molecule is O=C(c1cccs1)N(Cc1ccccc1O)CC1CCCO1. The molecular formula is C17H19NO3S. The van der Waals surface area contributed by atoms with Crippen molar-refractivity contribution in [1.29, 1.82) is 0 Å². The average Bonchev–Trinajstić information content (AvgIpc) is 3.21.